The van der Waals surface area contributed by atoms with Crippen molar-refractivity contribution >= 4 is 17.5 Å². The topological polar surface area (TPSA) is 47.0 Å². The molecule has 0 saturated carbocycles. The molecule has 0 spiro atoms. The van der Waals surface area contributed by atoms with Crippen LogP contribution in [0.4, 0.5) is 10.3 Å². The Morgan fingerprint density at radius 3 is 2.89 bits per heavy atom. The van der Waals surface area contributed by atoms with Gasteiger partial charge in [-0.05, 0) is 26.0 Å². The number of nitrogens with zero attached hydrogens (tertiary/aromatic N) is 2. The standard InChI is InChI=1S/C13H13ClFN3O/c1-3-16-13-17-7-8(2)12(18-13)19-9-4-5-10(14)11(15)6-9/h4-7H,3H2,1-2H3,(H,16,17,18). The summed E-state index contributed by atoms with van der Waals surface area (Å²) in [7, 11) is 0. The fourth-order valence-electron chi connectivity index (χ4n) is 1.42. The summed E-state index contributed by atoms with van der Waals surface area (Å²) >= 11 is 5.62. The quantitative estimate of drug-likeness (QED) is 0.926. The van der Waals surface area contributed by atoms with Crippen LogP contribution in [0.5, 0.6) is 11.6 Å². The lowest BCUT2D eigenvalue weighted by Crippen LogP contribution is -2.03. The lowest BCUT2D eigenvalue weighted by Gasteiger charge is -2.09. The lowest BCUT2D eigenvalue weighted by molar-refractivity contribution is 0.453. The summed E-state index contributed by atoms with van der Waals surface area (Å²) in [5.74, 6) is 0.661. The molecule has 4 nitrogen and oxygen atoms in total. The maximum Gasteiger partial charge on any atom is 0.226 e. The summed E-state index contributed by atoms with van der Waals surface area (Å²) in [6.45, 7) is 4.47. The molecule has 19 heavy (non-hydrogen) atoms. The molecule has 0 amide bonds. The highest BCUT2D eigenvalue weighted by molar-refractivity contribution is 6.30. The summed E-state index contributed by atoms with van der Waals surface area (Å²) in [5.41, 5.74) is 0.761. The Morgan fingerprint density at radius 1 is 1.42 bits per heavy atom. The maximum absolute atomic E-state index is 13.3. The third kappa shape index (κ3) is 3.32. The first-order chi connectivity index (χ1) is 9.10. The number of aromatic nitrogens is 2. The number of nitrogens with one attached hydrogen (secondary N) is 1. The normalized spacial score (nSPS) is 10.3. The Hall–Kier alpha value is -1.88. The molecule has 1 aromatic carbocycles. The molecular formula is C13H13ClFN3O. The van der Waals surface area contributed by atoms with Crippen LogP contribution in [0.2, 0.25) is 5.02 Å². The van der Waals surface area contributed by atoms with Crippen LogP contribution >= 0.6 is 11.6 Å². The van der Waals surface area contributed by atoms with E-state index in [1.165, 1.54) is 12.1 Å². The van der Waals surface area contributed by atoms with Gasteiger partial charge in [-0.25, -0.2) is 9.37 Å². The number of anilines is 1. The van der Waals surface area contributed by atoms with Crippen LogP contribution in [0.25, 0.3) is 0 Å². The van der Waals surface area contributed by atoms with Crippen LogP contribution in [0.1, 0.15) is 12.5 Å². The molecule has 0 aliphatic carbocycles. The van der Waals surface area contributed by atoms with Gasteiger partial charge >= 0.3 is 0 Å². The second kappa shape index (κ2) is 5.84. The van der Waals surface area contributed by atoms with E-state index in [0.29, 0.717) is 24.1 Å². The van der Waals surface area contributed by atoms with Gasteiger partial charge in [-0.15, -0.1) is 0 Å². The zero-order valence-corrected chi connectivity index (χ0v) is 11.3. The molecule has 2 rings (SSSR count). The molecule has 6 heteroatoms. The Kier molecular flexibility index (Phi) is 4.16. The van der Waals surface area contributed by atoms with Crippen molar-refractivity contribution in [3.8, 4) is 11.6 Å². The molecule has 0 aliphatic heterocycles. The number of hydrogen-bond acceptors (Lipinski definition) is 4. The highest BCUT2D eigenvalue weighted by Gasteiger charge is 2.08. The van der Waals surface area contributed by atoms with Crippen molar-refractivity contribution in [2.45, 2.75) is 13.8 Å². The van der Waals surface area contributed by atoms with E-state index in [4.69, 9.17) is 16.3 Å². The molecule has 0 radical (unpaired) electrons. The molecule has 1 N–H and O–H groups in total. The molecule has 2 aromatic rings. The number of halogens is 2. The van der Waals surface area contributed by atoms with E-state index < -0.39 is 5.82 Å². The monoisotopic (exact) mass is 281 g/mol. The smallest absolute Gasteiger partial charge is 0.226 e. The first-order valence-corrected chi connectivity index (χ1v) is 6.18. The van der Waals surface area contributed by atoms with Crippen LogP contribution in [-0.4, -0.2) is 16.5 Å². The molecule has 0 atom stereocenters. The number of hydrogen-bond donors (Lipinski definition) is 1. The summed E-state index contributed by atoms with van der Waals surface area (Å²) in [6, 6.07) is 4.24. The van der Waals surface area contributed by atoms with Crippen LogP contribution < -0.4 is 10.1 Å². The van der Waals surface area contributed by atoms with E-state index in [2.05, 4.69) is 15.3 Å². The summed E-state index contributed by atoms with van der Waals surface area (Å²) in [5, 5.41) is 3.04. The minimum Gasteiger partial charge on any atom is -0.438 e. The van der Waals surface area contributed by atoms with Crippen molar-refractivity contribution < 1.29 is 9.13 Å². The van der Waals surface area contributed by atoms with E-state index in [1.807, 2.05) is 13.8 Å². The van der Waals surface area contributed by atoms with Crippen molar-refractivity contribution in [2.24, 2.45) is 0 Å². The van der Waals surface area contributed by atoms with Crippen molar-refractivity contribution in [3.05, 3.63) is 40.8 Å². The largest absolute Gasteiger partial charge is 0.438 e. The molecule has 0 unspecified atom stereocenters. The van der Waals surface area contributed by atoms with Crippen LogP contribution in [0, 0.1) is 12.7 Å². The highest BCUT2D eigenvalue weighted by atomic mass is 35.5. The van der Waals surface area contributed by atoms with E-state index in [1.54, 1.807) is 12.3 Å². The van der Waals surface area contributed by atoms with Gasteiger partial charge in [0.1, 0.15) is 11.6 Å². The molecule has 0 saturated heterocycles. The Balaban J connectivity index is 2.26. The zero-order chi connectivity index (χ0) is 13.8. The lowest BCUT2D eigenvalue weighted by atomic mass is 10.3. The van der Waals surface area contributed by atoms with Crippen molar-refractivity contribution in [1.82, 2.24) is 9.97 Å². The fourth-order valence-corrected chi connectivity index (χ4v) is 1.54. The average molecular weight is 282 g/mol. The van der Waals surface area contributed by atoms with Crippen LogP contribution in [0.15, 0.2) is 24.4 Å². The molecular weight excluding hydrogens is 269 g/mol. The van der Waals surface area contributed by atoms with Gasteiger partial charge in [0.25, 0.3) is 0 Å². The van der Waals surface area contributed by atoms with Gasteiger partial charge < -0.3 is 10.1 Å². The second-order valence-electron chi connectivity index (χ2n) is 3.89. The van der Waals surface area contributed by atoms with Gasteiger partial charge in [0.2, 0.25) is 11.8 Å². The third-order valence-corrected chi connectivity index (χ3v) is 2.67. The Morgan fingerprint density at radius 2 is 2.21 bits per heavy atom. The highest BCUT2D eigenvalue weighted by Crippen LogP contribution is 2.26. The SMILES string of the molecule is CCNc1ncc(C)c(Oc2ccc(Cl)c(F)c2)n1. The Bertz CT molecular complexity index is 592. The van der Waals surface area contributed by atoms with Crippen molar-refractivity contribution in [1.29, 1.82) is 0 Å². The minimum atomic E-state index is -0.530. The van der Waals surface area contributed by atoms with Gasteiger partial charge in [-0.3, -0.25) is 0 Å². The van der Waals surface area contributed by atoms with Gasteiger partial charge in [-0.2, -0.15) is 4.98 Å². The van der Waals surface area contributed by atoms with Gasteiger partial charge in [0, 0.05) is 24.4 Å². The average Bonchev–Trinajstić information content (AvgIpc) is 2.38. The molecule has 0 bridgehead atoms. The summed E-state index contributed by atoms with van der Waals surface area (Å²) in [6.07, 6.45) is 1.65. The molecule has 0 fully saturated rings. The van der Waals surface area contributed by atoms with Gasteiger partial charge in [0.15, 0.2) is 0 Å². The van der Waals surface area contributed by atoms with Crippen molar-refractivity contribution in [3.63, 3.8) is 0 Å². The van der Waals surface area contributed by atoms with E-state index in [0.717, 1.165) is 5.56 Å². The predicted molar refractivity (Wildman–Crippen MR) is 72.4 cm³/mol. The number of rotatable bonds is 4. The number of aryl methyl sites for hydroxylation is 1. The summed E-state index contributed by atoms with van der Waals surface area (Å²) in [4.78, 5) is 8.31. The maximum atomic E-state index is 13.3. The van der Waals surface area contributed by atoms with E-state index in [-0.39, 0.29) is 5.02 Å². The van der Waals surface area contributed by atoms with Crippen molar-refractivity contribution in [2.75, 3.05) is 11.9 Å². The predicted octanol–water partition coefficient (Wildman–Crippen LogP) is 3.80. The first kappa shape index (κ1) is 13.5. The fraction of sp³-hybridized carbons (Fsp3) is 0.231. The molecule has 1 heterocycles. The third-order valence-electron chi connectivity index (χ3n) is 2.37. The molecule has 0 aliphatic rings. The zero-order valence-electron chi connectivity index (χ0n) is 10.6. The van der Waals surface area contributed by atoms with Crippen LogP contribution in [0.3, 0.4) is 0 Å². The van der Waals surface area contributed by atoms with Crippen LogP contribution in [-0.2, 0) is 0 Å². The Labute approximate surface area is 115 Å². The van der Waals surface area contributed by atoms with E-state index >= 15 is 0 Å². The van der Waals surface area contributed by atoms with Gasteiger partial charge in [0.05, 0.1) is 5.02 Å². The first-order valence-electron chi connectivity index (χ1n) is 5.80. The van der Waals surface area contributed by atoms with E-state index in [9.17, 15) is 4.39 Å². The number of benzene rings is 1. The minimum absolute atomic E-state index is 0.0556. The second-order valence-corrected chi connectivity index (χ2v) is 4.30. The molecule has 100 valence electrons. The molecule has 1 aromatic heterocycles. The van der Waals surface area contributed by atoms with Gasteiger partial charge in [-0.1, -0.05) is 11.6 Å². The summed E-state index contributed by atoms with van der Waals surface area (Å²) < 4.78 is 18.9. The number of ether oxygens (including phenoxy) is 1.